The first-order valence-electron chi connectivity index (χ1n) is 9.73. The van der Waals surface area contributed by atoms with Crippen LogP contribution in [0, 0.1) is 6.92 Å². The summed E-state index contributed by atoms with van der Waals surface area (Å²) in [5, 5.41) is 4.18. The largest absolute Gasteiger partial charge is 0.435 e. The fraction of sp³-hybridized carbons (Fsp3) is 0.368. The topological polar surface area (TPSA) is 119 Å². The molecule has 1 aromatic carbocycles. The van der Waals surface area contributed by atoms with Crippen LogP contribution in [0.15, 0.2) is 23.7 Å². The van der Waals surface area contributed by atoms with E-state index >= 15 is 0 Å². The van der Waals surface area contributed by atoms with Crippen LogP contribution in [0.4, 0.5) is 31.0 Å². The molecule has 170 valence electrons. The summed E-state index contributed by atoms with van der Waals surface area (Å²) in [6, 6.07) is 4.20. The Hall–Kier alpha value is -3.32. The molecule has 0 aliphatic carbocycles. The average Bonchev–Trinajstić information content (AvgIpc) is 3.17. The van der Waals surface area contributed by atoms with Gasteiger partial charge in [0.1, 0.15) is 11.3 Å². The van der Waals surface area contributed by atoms with E-state index in [1.54, 1.807) is 17.5 Å². The number of alkyl halides is 2. The lowest BCUT2D eigenvalue weighted by Gasteiger charge is -2.39. The highest BCUT2D eigenvalue weighted by atomic mass is 32.1. The summed E-state index contributed by atoms with van der Waals surface area (Å²) in [6.45, 7) is 2.15. The van der Waals surface area contributed by atoms with Crippen molar-refractivity contribution in [1.82, 2.24) is 20.0 Å². The minimum absolute atomic E-state index is 0.0148. The minimum atomic E-state index is -2.91. The fourth-order valence-corrected chi connectivity index (χ4v) is 4.15. The Morgan fingerprint density at radius 1 is 1.34 bits per heavy atom. The molecular weight excluding hydrogens is 444 g/mol. The Kier molecular flexibility index (Phi) is 6.19. The standard InChI is InChI=1S/C19H21F2N7O3S/c1-10-7-12(30-17(20)21)3-4-13(10)24-19(29)31-27-5-6-28(11(2)8-27)15-14-16(32-9-23-14)26-18(22)25-15/h3-4,7,9,11,17H,5-6,8H2,1-2H3,(H,24,29)(H2,22,25,26)/t11-/m0/s1. The van der Waals surface area contributed by atoms with Crippen LogP contribution in [0.3, 0.4) is 0 Å². The molecule has 32 heavy (non-hydrogen) atoms. The van der Waals surface area contributed by atoms with Gasteiger partial charge in [0.2, 0.25) is 5.95 Å². The number of hydrogen-bond acceptors (Lipinski definition) is 10. The van der Waals surface area contributed by atoms with Crippen molar-refractivity contribution in [2.45, 2.75) is 26.5 Å². The first-order chi connectivity index (χ1) is 15.3. The molecule has 1 aliphatic rings. The third-order valence-corrected chi connectivity index (χ3v) is 5.65. The molecule has 4 rings (SSSR count). The number of hydrogen-bond donors (Lipinski definition) is 2. The van der Waals surface area contributed by atoms with Crippen LogP contribution >= 0.6 is 11.3 Å². The van der Waals surface area contributed by atoms with Gasteiger partial charge in [0.15, 0.2) is 10.6 Å². The number of nitrogens with zero attached hydrogens (tertiary/aromatic N) is 5. The molecule has 0 spiro atoms. The Labute approximate surface area is 185 Å². The molecule has 0 unspecified atom stereocenters. The van der Waals surface area contributed by atoms with Crippen molar-refractivity contribution >= 4 is 45.2 Å². The summed E-state index contributed by atoms with van der Waals surface area (Å²) in [5.41, 5.74) is 9.23. The van der Waals surface area contributed by atoms with E-state index in [0.29, 0.717) is 42.2 Å². The van der Waals surface area contributed by atoms with Crippen LogP contribution in [0.1, 0.15) is 12.5 Å². The van der Waals surface area contributed by atoms with E-state index in [1.165, 1.54) is 29.5 Å². The van der Waals surface area contributed by atoms with Crippen LogP contribution in [0.25, 0.3) is 10.3 Å². The van der Waals surface area contributed by atoms with Crippen LogP contribution in [-0.4, -0.2) is 58.4 Å². The zero-order valence-corrected chi connectivity index (χ0v) is 18.1. The molecule has 13 heteroatoms. The molecule has 1 saturated heterocycles. The van der Waals surface area contributed by atoms with Gasteiger partial charge < -0.3 is 20.2 Å². The molecule has 3 aromatic rings. The molecule has 0 radical (unpaired) electrons. The lowest BCUT2D eigenvalue weighted by atomic mass is 10.2. The van der Waals surface area contributed by atoms with Gasteiger partial charge in [0.05, 0.1) is 18.6 Å². The second-order valence-corrected chi connectivity index (χ2v) is 8.03. The van der Waals surface area contributed by atoms with Crippen molar-refractivity contribution < 1.29 is 23.1 Å². The normalized spacial score (nSPS) is 17.0. The summed E-state index contributed by atoms with van der Waals surface area (Å²) in [7, 11) is 0. The number of fused-ring (bicyclic) bond motifs is 1. The van der Waals surface area contributed by atoms with E-state index in [-0.39, 0.29) is 17.7 Å². The predicted octanol–water partition coefficient (Wildman–Crippen LogP) is 3.25. The van der Waals surface area contributed by atoms with Gasteiger partial charge in [-0.05, 0) is 37.6 Å². The smallest absolute Gasteiger partial charge is 0.430 e. The summed E-state index contributed by atoms with van der Waals surface area (Å²) >= 11 is 1.39. The lowest BCUT2D eigenvalue weighted by molar-refractivity contribution is -0.103. The van der Waals surface area contributed by atoms with Gasteiger partial charge in [-0.3, -0.25) is 5.32 Å². The number of thiazole rings is 1. The molecule has 3 N–H and O–H groups in total. The van der Waals surface area contributed by atoms with Crippen LogP contribution in [-0.2, 0) is 4.84 Å². The number of nitrogen functional groups attached to an aromatic ring is 1. The van der Waals surface area contributed by atoms with E-state index < -0.39 is 12.7 Å². The molecule has 0 saturated carbocycles. The number of halogens is 2. The SMILES string of the molecule is Cc1cc(OC(F)F)ccc1NC(=O)ON1CCN(c2nc(N)nc3scnc23)[C@@H](C)C1. The van der Waals surface area contributed by atoms with Crippen LogP contribution in [0.2, 0.25) is 0 Å². The number of rotatable bonds is 5. The van der Waals surface area contributed by atoms with Gasteiger partial charge in [-0.2, -0.15) is 13.8 Å². The number of piperazine rings is 1. The number of nitrogens with one attached hydrogen (secondary N) is 1. The van der Waals surface area contributed by atoms with Crippen LogP contribution in [0.5, 0.6) is 5.75 Å². The molecule has 1 fully saturated rings. The van der Waals surface area contributed by atoms with Crippen molar-refractivity contribution in [2.24, 2.45) is 0 Å². The van der Waals surface area contributed by atoms with Gasteiger partial charge in [0, 0.05) is 18.3 Å². The molecule has 1 aliphatic heterocycles. The highest BCUT2D eigenvalue weighted by Gasteiger charge is 2.29. The Balaban J connectivity index is 1.37. The first-order valence-corrected chi connectivity index (χ1v) is 10.6. The zero-order chi connectivity index (χ0) is 22.8. The number of hydroxylamine groups is 2. The predicted molar refractivity (Wildman–Crippen MR) is 116 cm³/mol. The zero-order valence-electron chi connectivity index (χ0n) is 17.3. The maximum atomic E-state index is 12.4. The minimum Gasteiger partial charge on any atom is -0.435 e. The Morgan fingerprint density at radius 2 is 2.16 bits per heavy atom. The number of aromatic nitrogens is 3. The fourth-order valence-electron chi connectivity index (χ4n) is 3.49. The van der Waals surface area contributed by atoms with Crippen molar-refractivity contribution in [3.05, 3.63) is 29.3 Å². The van der Waals surface area contributed by atoms with Crippen LogP contribution < -0.4 is 20.7 Å². The molecule has 1 amide bonds. The Bertz CT molecular complexity index is 1130. The molecule has 1 atom stereocenters. The van der Waals surface area contributed by atoms with E-state index in [1.807, 2.05) is 6.92 Å². The third-order valence-electron chi connectivity index (χ3n) is 4.93. The van der Waals surface area contributed by atoms with Crippen molar-refractivity contribution in [3.8, 4) is 5.75 Å². The van der Waals surface area contributed by atoms with Gasteiger partial charge in [-0.1, -0.05) is 0 Å². The summed E-state index contributed by atoms with van der Waals surface area (Å²) < 4.78 is 29.0. The molecule has 3 heterocycles. The summed E-state index contributed by atoms with van der Waals surface area (Å²) in [5.74, 6) is 0.857. The maximum absolute atomic E-state index is 12.4. The van der Waals surface area contributed by atoms with Crippen molar-refractivity contribution in [3.63, 3.8) is 0 Å². The second-order valence-electron chi connectivity index (χ2n) is 7.20. The number of benzene rings is 1. The number of amides is 1. The maximum Gasteiger partial charge on any atom is 0.430 e. The number of aryl methyl sites for hydroxylation is 1. The average molecular weight is 465 g/mol. The quantitative estimate of drug-likeness (QED) is 0.585. The summed E-state index contributed by atoms with van der Waals surface area (Å²) in [4.78, 5) is 33.5. The highest BCUT2D eigenvalue weighted by Crippen LogP contribution is 2.29. The van der Waals surface area contributed by atoms with Gasteiger partial charge in [-0.25, -0.2) is 14.8 Å². The van der Waals surface area contributed by atoms with Crippen molar-refractivity contribution in [2.75, 3.05) is 35.6 Å². The van der Waals surface area contributed by atoms with E-state index in [2.05, 4.69) is 29.9 Å². The molecular formula is C19H21F2N7O3S. The highest BCUT2D eigenvalue weighted by molar-refractivity contribution is 7.16. The number of carbonyl (C=O) groups is 1. The van der Waals surface area contributed by atoms with Crippen molar-refractivity contribution in [1.29, 1.82) is 0 Å². The number of anilines is 3. The number of ether oxygens (including phenoxy) is 1. The van der Waals surface area contributed by atoms with E-state index in [0.717, 1.165) is 4.83 Å². The second kappa shape index (κ2) is 9.04. The van der Waals surface area contributed by atoms with E-state index in [9.17, 15) is 13.6 Å². The van der Waals surface area contributed by atoms with Gasteiger partial charge in [0.25, 0.3) is 0 Å². The number of nitrogens with two attached hydrogens (primary N) is 1. The lowest BCUT2D eigenvalue weighted by Crippen LogP contribution is -2.53. The van der Waals surface area contributed by atoms with Gasteiger partial charge in [-0.15, -0.1) is 16.4 Å². The molecule has 10 nitrogen and oxygen atoms in total. The monoisotopic (exact) mass is 465 g/mol. The Morgan fingerprint density at radius 3 is 2.88 bits per heavy atom. The number of carbonyl (C=O) groups excluding carboxylic acids is 1. The van der Waals surface area contributed by atoms with E-state index in [4.69, 9.17) is 10.6 Å². The summed E-state index contributed by atoms with van der Waals surface area (Å²) in [6.07, 6.45) is -0.676. The molecule has 2 aromatic heterocycles. The van der Waals surface area contributed by atoms with Gasteiger partial charge >= 0.3 is 12.7 Å². The molecule has 0 bridgehead atoms. The first kappa shape index (κ1) is 21.9. The third kappa shape index (κ3) is 4.78.